The third-order valence-corrected chi connectivity index (χ3v) is 9.45. The van der Waals surface area contributed by atoms with Gasteiger partial charge in [0.05, 0.1) is 14.8 Å². The zero-order valence-corrected chi connectivity index (χ0v) is 18.6. The summed E-state index contributed by atoms with van der Waals surface area (Å²) in [5.41, 5.74) is -0.686. The molecule has 1 saturated carbocycles. The third-order valence-electron chi connectivity index (χ3n) is 5.28. The maximum atomic E-state index is 13.0. The topological polar surface area (TPSA) is 101 Å². The van der Waals surface area contributed by atoms with Gasteiger partial charge < -0.3 is 5.11 Å². The molecule has 2 heterocycles. The number of carboxylic acids is 1. The van der Waals surface area contributed by atoms with Crippen molar-refractivity contribution >= 4 is 55.4 Å². The molecule has 1 aromatic carbocycles. The van der Waals surface area contributed by atoms with Crippen molar-refractivity contribution in [1.29, 1.82) is 0 Å². The highest BCUT2D eigenvalue weighted by Crippen LogP contribution is 2.58. The Morgan fingerprint density at radius 2 is 2.11 bits per heavy atom. The number of aliphatic carboxylic acids is 1. The van der Waals surface area contributed by atoms with Crippen LogP contribution in [0.1, 0.15) is 24.8 Å². The molecule has 7 nitrogen and oxygen atoms in total. The lowest BCUT2D eigenvalue weighted by Gasteiger charge is -2.19. The number of allylic oxidation sites excluding steroid dienone is 1. The van der Waals surface area contributed by atoms with Crippen LogP contribution in [-0.4, -0.2) is 39.4 Å². The smallest absolute Gasteiger partial charge is 0.325 e. The number of thioether (sulfide) groups is 1. The molecule has 0 spiro atoms. The zero-order valence-electron chi connectivity index (χ0n) is 14.8. The summed E-state index contributed by atoms with van der Waals surface area (Å²) in [6.07, 6.45) is 5.62. The number of aromatic nitrogens is 2. The summed E-state index contributed by atoms with van der Waals surface area (Å²) in [5, 5.41) is 14.8. The van der Waals surface area contributed by atoms with Gasteiger partial charge in [0.15, 0.2) is 0 Å². The molecule has 0 saturated heterocycles. The summed E-state index contributed by atoms with van der Waals surface area (Å²) in [7, 11) is -3.87. The predicted molar refractivity (Wildman–Crippen MR) is 116 cm³/mol. The van der Waals surface area contributed by atoms with E-state index in [1.54, 1.807) is 17.8 Å². The van der Waals surface area contributed by atoms with Gasteiger partial charge in [-0.1, -0.05) is 49.0 Å². The second-order valence-corrected chi connectivity index (χ2v) is 11.6. The van der Waals surface area contributed by atoms with Gasteiger partial charge in [0.1, 0.15) is 10.1 Å². The summed E-state index contributed by atoms with van der Waals surface area (Å²) in [4.78, 5) is 12.1. The molecule has 2 unspecified atom stereocenters. The van der Waals surface area contributed by atoms with Crippen molar-refractivity contribution in [2.24, 2.45) is 5.92 Å². The summed E-state index contributed by atoms with van der Waals surface area (Å²) >= 11 is 3.31. The number of carboxylic acid groups (broad SMARTS) is 1. The molecular weight excluding hydrogens is 513 g/mol. The van der Waals surface area contributed by atoms with Crippen molar-refractivity contribution in [3.05, 3.63) is 57.9 Å². The Hall–Kier alpha value is -1.37. The average Bonchev–Trinajstić information content (AvgIpc) is 3.06. The number of hydrogen-bond acceptors (Lipinski definition) is 5. The summed E-state index contributed by atoms with van der Waals surface area (Å²) in [5.74, 6) is -1.88. The minimum atomic E-state index is -3.87. The maximum Gasteiger partial charge on any atom is 0.325 e. The van der Waals surface area contributed by atoms with Gasteiger partial charge in [0, 0.05) is 12.1 Å². The van der Waals surface area contributed by atoms with Gasteiger partial charge >= 0.3 is 5.97 Å². The molecule has 2 aliphatic rings. The monoisotopic (exact) mass is 531 g/mol. The van der Waals surface area contributed by atoms with Crippen LogP contribution in [0.25, 0.3) is 5.03 Å². The van der Waals surface area contributed by atoms with Gasteiger partial charge in [-0.25, -0.2) is 13.1 Å². The van der Waals surface area contributed by atoms with Crippen LogP contribution in [0, 0.1) is 9.49 Å². The Bertz CT molecular complexity index is 1050. The summed E-state index contributed by atoms with van der Waals surface area (Å²) < 4.78 is 30.4. The SMILES string of the molecule is CC1[C@H](c2ccccc2)[C@]1(NS(=O)(=O)C1CC=C(n2cc(I)cn2)S1)C(=O)O. The normalized spacial score (nSPS) is 29.5. The molecule has 0 radical (unpaired) electrons. The molecule has 1 aliphatic heterocycles. The van der Waals surface area contributed by atoms with E-state index in [4.69, 9.17) is 0 Å². The molecule has 0 amide bonds. The fourth-order valence-electron chi connectivity index (χ4n) is 3.79. The highest BCUT2D eigenvalue weighted by Gasteiger charge is 2.70. The first-order chi connectivity index (χ1) is 13.3. The zero-order chi connectivity index (χ0) is 20.1. The first-order valence-corrected chi connectivity index (χ1v) is 12.1. The van der Waals surface area contributed by atoms with E-state index in [2.05, 4.69) is 32.4 Å². The van der Waals surface area contributed by atoms with E-state index >= 15 is 0 Å². The largest absolute Gasteiger partial charge is 0.480 e. The molecule has 2 N–H and O–H groups in total. The van der Waals surface area contributed by atoms with Gasteiger partial charge in [0.2, 0.25) is 10.0 Å². The number of halogens is 1. The van der Waals surface area contributed by atoms with E-state index in [1.165, 1.54) is 11.8 Å². The molecule has 1 aliphatic carbocycles. The van der Waals surface area contributed by atoms with E-state index < -0.39 is 32.0 Å². The minimum absolute atomic E-state index is 0.297. The first kappa shape index (κ1) is 19.9. The van der Waals surface area contributed by atoms with Crippen molar-refractivity contribution in [3.63, 3.8) is 0 Å². The molecular formula is C18H18IN3O4S2. The molecule has 4 rings (SSSR count). The lowest BCUT2D eigenvalue weighted by molar-refractivity contribution is -0.140. The van der Waals surface area contributed by atoms with Crippen LogP contribution < -0.4 is 4.72 Å². The van der Waals surface area contributed by atoms with E-state index in [0.29, 0.717) is 6.42 Å². The van der Waals surface area contributed by atoms with Gasteiger partial charge in [-0.05, 0) is 46.6 Å². The molecule has 0 bridgehead atoms. The number of sulfonamides is 1. The van der Waals surface area contributed by atoms with Gasteiger partial charge in [-0.3, -0.25) is 4.79 Å². The van der Waals surface area contributed by atoms with Crippen molar-refractivity contribution < 1.29 is 18.3 Å². The van der Waals surface area contributed by atoms with Gasteiger partial charge in [0.25, 0.3) is 0 Å². The van der Waals surface area contributed by atoms with Crippen LogP contribution in [0.3, 0.4) is 0 Å². The lowest BCUT2D eigenvalue weighted by Crippen LogP contribution is -2.48. The van der Waals surface area contributed by atoms with Crippen LogP contribution in [0.15, 0.2) is 48.8 Å². The van der Waals surface area contributed by atoms with Gasteiger partial charge in [-0.15, -0.1) is 0 Å². The molecule has 1 aromatic heterocycles. The van der Waals surface area contributed by atoms with E-state index in [0.717, 1.165) is 14.2 Å². The van der Waals surface area contributed by atoms with Crippen LogP contribution in [-0.2, 0) is 14.8 Å². The molecule has 10 heteroatoms. The Kier molecular flexibility index (Phi) is 5.09. The van der Waals surface area contributed by atoms with Crippen LogP contribution in [0.2, 0.25) is 0 Å². The van der Waals surface area contributed by atoms with Crippen molar-refractivity contribution in [2.45, 2.75) is 29.4 Å². The summed E-state index contributed by atoms with van der Waals surface area (Å²) in [6.45, 7) is 1.77. The Balaban J connectivity index is 1.55. The molecule has 28 heavy (non-hydrogen) atoms. The molecule has 2 aromatic rings. The van der Waals surface area contributed by atoms with Crippen molar-refractivity contribution in [1.82, 2.24) is 14.5 Å². The predicted octanol–water partition coefficient (Wildman–Crippen LogP) is 2.93. The van der Waals surface area contributed by atoms with Crippen LogP contribution in [0.4, 0.5) is 0 Å². The molecule has 4 atom stereocenters. The fraction of sp³-hybridized carbons (Fsp3) is 0.333. The summed E-state index contributed by atoms with van der Waals surface area (Å²) in [6, 6.07) is 9.18. The van der Waals surface area contributed by atoms with Crippen molar-refractivity contribution in [3.8, 4) is 0 Å². The van der Waals surface area contributed by atoms with Gasteiger partial charge in [-0.2, -0.15) is 9.82 Å². The standard InChI is InChI=1S/C18H18IN3O4S2/c1-11-16(12-5-3-2-4-6-12)18(11,17(23)24)21-28(25,26)15-8-7-14(27-15)22-10-13(19)9-20-22/h2-7,9-11,15-16,21H,8H2,1H3,(H,23,24)/t11?,15?,16-,18+/m1/s1. The Morgan fingerprint density at radius 1 is 1.39 bits per heavy atom. The molecule has 1 fully saturated rings. The number of rotatable bonds is 6. The van der Waals surface area contributed by atoms with E-state index in [1.807, 2.05) is 42.6 Å². The number of nitrogens with zero attached hydrogens (tertiary/aromatic N) is 2. The van der Waals surface area contributed by atoms with Crippen LogP contribution >= 0.6 is 34.4 Å². The minimum Gasteiger partial charge on any atom is -0.480 e. The third kappa shape index (κ3) is 3.29. The maximum absolute atomic E-state index is 13.0. The van der Waals surface area contributed by atoms with Crippen LogP contribution in [0.5, 0.6) is 0 Å². The van der Waals surface area contributed by atoms with E-state index in [9.17, 15) is 18.3 Å². The number of carbonyl (C=O) groups is 1. The number of nitrogens with one attached hydrogen (secondary N) is 1. The highest BCUT2D eigenvalue weighted by molar-refractivity contribution is 14.1. The second kappa shape index (κ2) is 7.15. The Morgan fingerprint density at radius 3 is 2.71 bits per heavy atom. The van der Waals surface area contributed by atoms with Crippen molar-refractivity contribution in [2.75, 3.05) is 0 Å². The average molecular weight is 531 g/mol. The first-order valence-electron chi connectivity index (χ1n) is 8.64. The highest BCUT2D eigenvalue weighted by atomic mass is 127. The quantitative estimate of drug-likeness (QED) is 0.557. The Labute approximate surface area is 180 Å². The second-order valence-electron chi connectivity index (χ2n) is 6.93. The number of hydrogen-bond donors (Lipinski definition) is 2. The fourth-order valence-corrected chi connectivity index (χ4v) is 7.34. The number of benzene rings is 1. The molecule has 148 valence electrons. The lowest BCUT2D eigenvalue weighted by atomic mass is 10.1. The van der Waals surface area contributed by atoms with E-state index in [-0.39, 0.29) is 5.92 Å².